The SMILES string of the molecule is Fc1ccc(CN2CCN3c4ccccc4CN(Cc4ccc(Br)cc4)C[C@@H]3C2)cc1. The fraction of sp³-hybridized carbons (Fsp3) is 0.308. The lowest BCUT2D eigenvalue weighted by atomic mass is 10.1. The van der Waals surface area contributed by atoms with Gasteiger partial charge < -0.3 is 4.90 Å². The summed E-state index contributed by atoms with van der Waals surface area (Å²) in [6.07, 6.45) is 0. The van der Waals surface area contributed by atoms with Crippen molar-refractivity contribution in [3.8, 4) is 0 Å². The van der Waals surface area contributed by atoms with Gasteiger partial charge in [0.25, 0.3) is 0 Å². The monoisotopic (exact) mass is 479 g/mol. The minimum atomic E-state index is -0.169. The largest absolute Gasteiger partial charge is 0.364 e. The Labute approximate surface area is 192 Å². The second-order valence-electron chi connectivity index (χ2n) is 8.63. The highest BCUT2D eigenvalue weighted by Gasteiger charge is 2.32. The van der Waals surface area contributed by atoms with E-state index in [-0.39, 0.29) is 5.82 Å². The first kappa shape index (κ1) is 20.7. The number of nitrogens with zero attached hydrogens (tertiary/aromatic N) is 3. The molecule has 3 aromatic rings. The summed E-state index contributed by atoms with van der Waals surface area (Å²) in [5.74, 6) is -0.169. The zero-order valence-electron chi connectivity index (χ0n) is 17.6. The Balaban J connectivity index is 1.36. The first-order valence-corrected chi connectivity index (χ1v) is 11.7. The minimum absolute atomic E-state index is 0.169. The van der Waals surface area contributed by atoms with Gasteiger partial charge in [-0.3, -0.25) is 9.80 Å². The molecule has 2 aliphatic heterocycles. The Morgan fingerprint density at radius 2 is 1.42 bits per heavy atom. The number of fused-ring (bicyclic) bond motifs is 3. The lowest BCUT2D eigenvalue weighted by molar-refractivity contribution is 0.172. The van der Waals surface area contributed by atoms with Gasteiger partial charge in [-0.25, -0.2) is 4.39 Å². The fourth-order valence-electron chi connectivity index (χ4n) is 4.88. The van der Waals surface area contributed by atoms with Crippen LogP contribution in [0.3, 0.4) is 0 Å². The van der Waals surface area contributed by atoms with Crippen molar-refractivity contribution in [1.29, 1.82) is 0 Å². The first-order chi connectivity index (χ1) is 15.1. The van der Waals surface area contributed by atoms with Gasteiger partial charge >= 0.3 is 0 Å². The predicted octanol–water partition coefficient (Wildman–Crippen LogP) is 5.29. The van der Waals surface area contributed by atoms with Crippen molar-refractivity contribution >= 4 is 21.6 Å². The molecule has 0 radical (unpaired) electrons. The summed E-state index contributed by atoms with van der Waals surface area (Å²) in [7, 11) is 0. The van der Waals surface area contributed by atoms with E-state index in [0.717, 1.165) is 50.3 Å². The van der Waals surface area contributed by atoms with E-state index in [2.05, 4.69) is 79.2 Å². The number of para-hydroxylation sites is 1. The van der Waals surface area contributed by atoms with Gasteiger partial charge in [-0.15, -0.1) is 0 Å². The average Bonchev–Trinajstić information content (AvgIpc) is 2.93. The summed E-state index contributed by atoms with van der Waals surface area (Å²) >= 11 is 3.54. The van der Waals surface area contributed by atoms with Crippen LogP contribution in [0.2, 0.25) is 0 Å². The lowest BCUT2D eigenvalue weighted by Gasteiger charge is -2.43. The maximum Gasteiger partial charge on any atom is 0.123 e. The molecular weight excluding hydrogens is 453 g/mol. The van der Waals surface area contributed by atoms with Crippen LogP contribution in [0.15, 0.2) is 77.3 Å². The second-order valence-corrected chi connectivity index (χ2v) is 9.55. The summed E-state index contributed by atoms with van der Waals surface area (Å²) in [5, 5.41) is 0. The zero-order valence-corrected chi connectivity index (χ0v) is 19.1. The molecule has 1 atom stereocenters. The van der Waals surface area contributed by atoms with Crippen LogP contribution in [0.4, 0.5) is 10.1 Å². The molecule has 0 amide bonds. The van der Waals surface area contributed by atoms with E-state index in [9.17, 15) is 4.39 Å². The molecule has 0 unspecified atom stereocenters. The van der Waals surface area contributed by atoms with Crippen LogP contribution in [0, 0.1) is 5.82 Å². The van der Waals surface area contributed by atoms with Gasteiger partial charge in [0.2, 0.25) is 0 Å². The fourth-order valence-corrected chi connectivity index (χ4v) is 5.15. The Bertz CT molecular complexity index is 1020. The van der Waals surface area contributed by atoms with Gasteiger partial charge in [0, 0.05) is 56.0 Å². The number of hydrogen-bond donors (Lipinski definition) is 0. The van der Waals surface area contributed by atoms with Crippen molar-refractivity contribution in [1.82, 2.24) is 9.80 Å². The Morgan fingerprint density at radius 1 is 0.774 bits per heavy atom. The quantitative estimate of drug-likeness (QED) is 0.502. The van der Waals surface area contributed by atoms with Crippen LogP contribution >= 0.6 is 15.9 Å². The van der Waals surface area contributed by atoms with Crippen molar-refractivity contribution in [2.24, 2.45) is 0 Å². The van der Waals surface area contributed by atoms with Crippen molar-refractivity contribution in [2.45, 2.75) is 25.7 Å². The number of benzene rings is 3. The second kappa shape index (κ2) is 9.11. The lowest BCUT2D eigenvalue weighted by Crippen LogP contribution is -2.55. The molecule has 31 heavy (non-hydrogen) atoms. The highest BCUT2D eigenvalue weighted by atomic mass is 79.9. The molecule has 5 heteroatoms. The van der Waals surface area contributed by atoms with Crippen molar-refractivity contribution in [3.05, 3.63) is 99.8 Å². The van der Waals surface area contributed by atoms with E-state index in [4.69, 9.17) is 0 Å². The molecule has 2 aliphatic rings. The summed E-state index contributed by atoms with van der Waals surface area (Å²) in [6.45, 7) is 6.89. The molecule has 3 nitrogen and oxygen atoms in total. The molecular formula is C26H27BrFN3. The minimum Gasteiger partial charge on any atom is -0.364 e. The number of anilines is 1. The van der Waals surface area contributed by atoms with E-state index in [1.165, 1.54) is 22.4 Å². The van der Waals surface area contributed by atoms with E-state index in [1.807, 2.05) is 12.1 Å². The highest BCUT2D eigenvalue weighted by molar-refractivity contribution is 9.10. The predicted molar refractivity (Wildman–Crippen MR) is 128 cm³/mol. The van der Waals surface area contributed by atoms with Gasteiger partial charge in [-0.05, 0) is 47.0 Å². The van der Waals surface area contributed by atoms with Crippen molar-refractivity contribution in [3.63, 3.8) is 0 Å². The molecule has 0 saturated carbocycles. The van der Waals surface area contributed by atoms with Crippen LogP contribution in [-0.2, 0) is 19.6 Å². The molecule has 0 bridgehead atoms. The summed E-state index contributed by atoms with van der Waals surface area (Å²) < 4.78 is 14.4. The van der Waals surface area contributed by atoms with Crippen molar-refractivity contribution < 1.29 is 4.39 Å². The van der Waals surface area contributed by atoms with Crippen LogP contribution in [0.25, 0.3) is 0 Å². The smallest absolute Gasteiger partial charge is 0.123 e. The number of halogens is 2. The molecule has 1 saturated heterocycles. The van der Waals surface area contributed by atoms with Gasteiger partial charge in [0.1, 0.15) is 5.82 Å². The van der Waals surface area contributed by atoms with Gasteiger partial charge in [-0.2, -0.15) is 0 Å². The molecule has 0 aromatic heterocycles. The first-order valence-electron chi connectivity index (χ1n) is 10.9. The molecule has 0 spiro atoms. The number of piperazine rings is 1. The summed E-state index contributed by atoms with van der Waals surface area (Å²) in [4.78, 5) is 7.70. The Morgan fingerprint density at radius 3 is 2.19 bits per heavy atom. The third-order valence-electron chi connectivity index (χ3n) is 6.37. The third kappa shape index (κ3) is 4.84. The maximum absolute atomic E-state index is 13.3. The number of rotatable bonds is 4. The Kier molecular flexibility index (Phi) is 6.08. The van der Waals surface area contributed by atoms with Crippen LogP contribution in [-0.4, -0.2) is 42.0 Å². The molecule has 1 fully saturated rings. The van der Waals surface area contributed by atoms with E-state index in [1.54, 1.807) is 12.1 Å². The van der Waals surface area contributed by atoms with E-state index >= 15 is 0 Å². The molecule has 5 rings (SSSR count). The van der Waals surface area contributed by atoms with Gasteiger partial charge in [0.05, 0.1) is 6.04 Å². The maximum atomic E-state index is 13.3. The molecule has 3 aromatic carbocycles. The normalized spacial score (nSPS) is 19.5. The third-order valence-corrected chi connectivity index (χ3v) is 6.90. The van der Waals surface area contributed by atoms with Gasteiger partial charge in [-0.1, -0.05) is 58.4 Å². The standard InChI is InChI=1S/C26H27BrFN3/c27-23-9-5-20(6-10-23)16-30-17-22-3-1-2-4-26(22)31-14-13-29(18-25(31)19-30)15-21-7-11-24(28)12-8-21/h1-12,25H,13-19H2/t25-/m0/s1. The molecule has 0 aliphatic carbocycles. The molecule has 2 heterocycles. The van der Waals surface area contributed by atoms with Crippen molar-refractivity contribution in [2.75, 3.05) is 31.1 Å². The van der Waals surface area contributed by atoms with E-state index < -0.39 is 0 Å². The zero-order chi connectivity index (χ0) is 21.2. The average molecular weight is 480 g/mol. The van der Waals surface area contributed by atoms with Gasteiger partial charge in [0.15, 0.2) is 0 Å². The topological polar surface area (TPSA) is 9.72 Å². The molecule has 160 valence electrons. The van der Waals surface area contributed by atoms with Crippen LogP contribution in [0.5, 0.6) is 0 Å². The highest BCUT2D eigenvalue weighted by Crippen LogP contribution is 2.31. The van der Waals surface area contributed by atoms with E-state index in [0.29, 0.717) is 6.04 Å². The van der Waals surface area contributed by atoms with Crippen LogP contribution in [0.1, 0.15) is 16.7 Å². The Hall–Kier alpha value is -2.21. The number of hydrogen-bond acceptors (Lipinski definition) is 3. The summed E-state index contributed by atoms with van der Waals surface area (Å²) in [5.41, 5.74) is 5.31. The van der Waals surface area contributed by atoms with Crippen LogP contribution < -0.4 is 4.90 Å². The summed E-state index contributed by atoms with van der Waals surface area (Å²) in [6, 6.07) is 24.9. The molecule has 0 N–H and O–H groups in total.